The Kier molecular flexibility index (Phi) is 3.95. The molecule has 4 aromatic heterocycles. The smallest absolute Gasteiger partial charge is 0.177 e. The molecule has 7 rings (SSSR count). The lowest BCUT2D eigenvalue weighted by molar-refractivity contribution is 0.281. The third kappa shape index (κ3) is 2.79. The van der Waals surface area contributed by atoms with Gasteiger partial charge in [0, 0.05) is 58.1 Å². The minimum Gasteiger partial charge on any atom is -0.452 e. The maximum absolute atomic E-state index is 6.24. The number of aromatic nitrogens is 4. The molecule has 5 aromatic rings. The van der Waals surface area contributed by atoms with Gasteiger partial charge in [0.25, 0.3) is 0 Å². The maximum Gasteiger partial charge on any atom is 0.177 e. The molecule has 7 nitrogen and oxygen atoms in total. The van der Waals surface area contributed by atoms with Gasteiger partial charge in [-0.15, -0.1) is 0 Å². The van der Waals surface area contributed by atoms with Crippen molar-refractivity contribution in [2.24, 2.45) is 0 Å². The highest BCUT2D eigenvalue weighted by Crippen LogP contribution is 2.40. The van der Waals surface area contributed by atoms with Crippen LogP contribution in [0.2, 0.25) is 0 Å². The third-order valence-corrected chi connectivity index (χ3v) is 7.82. The van der Waals surface area contributed by atoms with Crippen LogP contribution in [0, 0.1) is 0 Å². The molecule has 2 saturated heterocycles. The Hall–Kier alpha value is -3.23. The zero-order chi connectivity index (χ0) is 21.2. The summed E-state index contributed by atoms with van der Waals surface area (Å²) in [6.45, 7) is 0. The first-order valence-electron chi connectivity index (χ1n) is 11.1. The highest BCUT2D eigenvalue weighted by Gasteiger charge is 2.34. The highest BCUT2D eigenvalue weighted by atomic mass is 32.1. The average molecular weight is 443 g/mol. The fourth-order valence-electron chi connectivity index (χ4n) is 5.41. The number of nitrogens with one attached hydrogen (secondary N) is 1. The number of nitrogens with two attached hydrogens (primary N) is 1. The molecular formula is C24H22N6OS. The van der Waals surface area contributed by atoms with Crippen LogP contribution < -0.4 is 11.1 Å². The summed E-state index contributed by atoms with van der Waals surface area (Å²) in [7, 11) is 0. The Morgan fingerprint density at radius 2 is 1.97 bits per heavy atom. The quantitative estimate of drug-likeness (QED) is 0.408. The van der Waals surface area contributed by atoms with Gasteiger partial charge in [-0.05, 0) is 49.3 Å². The maximum atomic E-state index is 6.24. The van der Waals surface area contributed by atoms with Crippen molar-refractivity contribution in [2.45, 2.75) is 43.8 Å². The van der Waals surface area contributed by atoms with Gasteiger partial charge in [0.15, 0.2) is 11.4 Å². The van der Waals surface area contributed by atoms with E-state index in [1.54, 1.807) is 0 Å². The van der Waals surface area contributed by atoms with E-state index in [1.807, 2.05) is 24.7 Å². The minimum atomic E-state index is 0.397. The minimum absolute atomic E-state index is 0.397. The van der Waals surface area contributed by atoms with Crippen molar-refractivity contribution >= 4 is 38.4 Å². The Morgan fingerprint density at radius 1 is 1.09 bits per heavy atom. The highest BCUT2D eigenvalue weighted by molar-refractivity contribution is 7.13. The van der Waals surface area contributed by atoms with Crippen molar-refractivity contribution in [1.82, 2.24) is 24.5 Å². The van der Waals surface area contributed by atoms with Gasteiger partial charge in [0.1, 0.15) is 5.76 Å². The van der Waals surface area contributed by atoms with E-state index in [2.05, 4.69) is 43.8 Å². The SMILES string of the molecule is Nc1ncc(-c2cnn(C3CC4CCC(C3)N4)c2)c2cc(-c3cccc4cnsc34)oc12. The molecule has 3 N–H and O–H groups in total. The van der Waals surface area contributed by atoms with Gasteiger partial charge in [-0.1, -0.05) is 12.1 Å². The number of furan rings is 1. The van der Waals surface area contributed by atoms with E-state index < -0.39 is 0 Å². The number of anilines is 1. The Labute approximate surface area is 188 Å². The monoisotopic (exact) mass is 442 g/mol. The van der Waals surface area contributed by atoms with Crippen molar-refractivity contribution < 1.29 is 4.42 Å². The molecule has 160 valence electrons. The molecule has 1 aromatic carbocycles. The molecule has 0 amide bonds. The molecule has 2 aliphatic heterocycles. The Balaban J connectivity index is 1.31. The molecule has 32 heavy (non-hydrogen) atoms. The summed E-state index contributed by atoms with van der Waals surface area (Å²) in [6.07, 6.45) is 12.6. The number of nitrogen functional groups attached to an aromatic ring is 1. The van der Waals surface area contributed by atoms with Gasteiger partial charge < -0.3 is 15.5 Å². The molecule has 0 spiro atoms. The van der Waals surface area contributed by atoms with E-state index in [0.29, 0.717) is 29.5 Å². The molecule has 2 aliphatic rings. The fourth-order valence-corrected chi connectivity index (χ4v) is 6.18. The number of hydrogen-bond acceptors (Lipinski definition) is 7. The van der Waals surface area contributed by atoms with Crippen LogP contribution in [-0.2, 0) is 0 Å². The third-order valence-electron chi connectivity index (χ3n) is 6.97. The van der Waals surface area contributed by atoms with Crippen LogP contribution >= 0.6 is 11.5 Å². The molecular weight excluding hydrogens is 420 g/mol. The van der Waals surface area contributed by atoms with Crippen molar-refractivity contribution in [1.29, 1.82) is 0 Å². The lowest BCUT2D eigenvalue weighted by atomic mass is 10.00. The molecule has 0 aliphatic carbocycles. The topological polar surface area (TPSA) is 94.8 Å². The number of benzene rings is 1. The van der Waals surface area contributed by atoms with Gasteiger partial charge in [0.05, 0.1) is 16.9 Å². The average Bonchev–Trinajstić information content (AvgIpc) is 3.60. The Morgan fingerprint density at radius 3 is 2.84 bits per heavy atom. The number of pyridine rings is 1. The molecule has 0 saturated carbocycles. The van der Waals surface area contributed by atoms with E-state index in [4.69, 9.17) is 15.2 Å². The summed E-state index contributed by atoms with van der Waals surface area (Å²) < 4.78 is 13.8. The number of fused-ring (bicyclic) bond motifs is 4. The zero-order valence-electron chi connectivity index (χ0n) is 17.4. The lowest BCUT2D eigenvalue weighted by Crippen LogP contribution is -2.38. The van der Waals surface area contributed by atoms with Gasteiger partial charge in [0.2, 0.25) is 0 Å². The van der Waals surface area contributed by atoms with Crippen LogP contribution in [0.1, 0.15) is 31.7 Å². The van der Waals surface area contributed by atoms with E-state index in [9.17, 15) is 0 Å². The van der Waals surface area contributed by atoms with Crippen molar-refractivity contribution in [3.8, 4) is 22.5 Å². The molecule has 2 fully saturated rings. The largest absolute Gasteiger partial charge is 0.452 e. The molecule has 2 atom stereocenters. The fraction of sp³-hybridized carbons (Fsp3) is 0.292. The molecule has 2 bridgehead atoms. The summed E-state index contributed by atoms with van der Waals surface area (Å²) in [6, 6.07) is 9.92. The molecule has 0 radical (unpaired) electrons. The summed E-state index contributed by atoms with van der Waals surface area (Å²) in [5.41, 5.74) is 9.87. The summed E-state index contributed by atoms with van der Waals surface area (Å²) in [5, 5.41) is 10.5. The molecule has 8 heteroatoms. The summed E-state index contributed by atoms with van der Waals surface area (Å²) in [5.74, 6) is 1.17. The van der Waals surface area contributed by atoms with Crippen LogP contribution in [0.4, 0.5) is 5.82 Å². The zero-order valence-corrected chi connectivity index (χ0v) is 18.2. The second kappa shape index (κ2) is 6.88. The van der Waals surface area contributed by atoms with E-state index in [1.165, 1.54) is 24.4 Å². The Bertz CT molecular complexity index is 1450. The summed E-state index contributed by atoms with van der Waals surface area (Å²) in [4.78, 5) is 4.43. The lowest BCUT2D eigenvalue weighted by Gasteiger charge is -2.29. The first-order chi connectivity index (χ1) is 15.7. The van der Waals surface area contributed by atoms with Crippen LogP contribution in [0.5, 0.6) is 0 Å². The predicted molar refractivity (Wildman–Crippen MR) is 126 cm³/mol. The van der Waals surface area contributed by atoms with Gasteiger partial charge in [-0.3, -0.25) is 4.68 Å². The van der Waals surface area contributed by atoms with E-state index in [-0.39, 0.29) is 0 Å². The second-order valence-electron chi connectivity index (χ2n) is 8.93. The van der Waals surface area contributed by atoms with E-state index >= 15 is 0 Å². The second-order valence-corrected chi connectivity index (χ2v) is 9.73. The molecule has 6 heterocycles. The number of piperidine rings is 1. The first-order valence-corrected chi connectivity index (χ1v) is 11.8. The van der Waals surface area contributed by atoms with Crippen LogP contribution in [0.3, 0.4) is 0 Å². The van der Waals surface area contributed by atoms with Crippen LogP contribution in [0.15, 0.2) is 53.5 Å². The number of nitrogens with zero attached hydrogens (tertiary/aromatic N) is 4. The molecule has 2 unspecified atom stereocenters. The standard InChI is InChI=1S/C24H22N6OS/c25-24-22-19(8-21(31-22)18-3-1-2-13-10-28-32-23(13)18)20(11-26-24)14-9-27-30(12-14)17-6-15-4-5-16(7-17)29-15/h1-3,8-12,15-17,29H,4-7H2,(H2,25,26). The summed E-state index contributed by atoms with van der Waals surface area (Å²) >= 11 is 1.47. The van der Waals surface area contributed by atoms with Crippen LogP contribution in [-0.4, -0.2) is 31.2 Å². The predicted octanol–water partition coefficient (Wildman–Crippen LogP) is 5.01. The number of hydrogen-bond donors (Lipinski definition) is 2. The first kappa shape index (κ1) is 18.4. The van der Waals surface area contributed by atoms with Crippen molar-refractivity contribution in [3.63, 3.8) is 0 Å². The van der Waals surface area contributed by atoms with Gasteiger partial charge in [-0.25, -0.2) is 4.98 Å². The van der Waals surface area contributed by atoms with Gasteiger partial charge in [-0.2, -0.15) is 9.47 Å². The number of rotatable bonds is 3. The van der Waals surface area contributed by atoms with Crippen molar-refractivity contribution in [2.75, 3.05) is 5.73 Å². The van der Waals surface area contributed by atoms with Crippen LogP contribution in [0.25, 0.3) is 43.5 Å². The van der Waals surface area contributed by atoms with Gasteiger partial charge >= 0.3 is 0 Å². The normalized spacial score (nSPS) is 22.8. The van der Waals surface area contributed by atoms with Crippen molar-refractivity contribution in [3.05, 3.63) is 49.1 Å². The van der Waals surface area contributed by atoms with E-state index in [0.717, 1.165) is 50.8 Å².